The number of phosphoric acid groups is 2. The van der Waals surface area contributed by atoms with E-state index in [0.717, 1.165) is 0 Å². The van der Waals surface area contributed by atoms with E-state index in [1.54, 1.807) is 0 Å². The second-order valence-corrected chi connectivity index (χ2v) is 4.74. The molecule has 20 heavy (non-hydrogen) atoms. The smallest absolute Gasteiger partial charge is 0.0533 e. The standard InChI is InChI=1S/C7H16.C2H6.2H3O4P.H2O/c1-3-5-7-6-4-2;1-2;2*1-5(2,3)4;/h3-7H2,1-2H3;1-2H3;2*(H3,1,2,3,4);1H2/p-6. The van der Waals surface area contributed by atoms with E-state index in [2.05, 4.69) is 13.8 Å². The molecular formula is C9H24O9P2-6. The zero-order valence-corrected chi connectivity index (χ0v) is 14.0. The van der Waals surface area contributed by atoms with Crippen LogP contribution < -0.4 is 29.4 Å². The molecule has 0 aliphatic rings. The summed E-state index contributed by atoms with van der Waals surface area (Å²) in [6.07, 6.45) is 7.01. The third kappa shape index (κ3) is 307. The van der Waals surface area contributed by atoms with Gasteiger partial charge in [-0.3, -0.25) is 0 Å². The Hall–Kier alpha value is 0.180. The molecule has 0 aliphatic heterocycles. The van der Waals surface area contributed by atoms with Crippen LogP contribution >= 0.6 is 15.6 Å². The second-order valence-electron chi connectivity index (χ2n) is 2.96. The van der Waals surface area contributed by atoms with E-state index >= 15 is 0 Å². The first-order valence-corrected chi connectivity index (χ1v) is 8.80. The first-order chi connectivity index (χ1) is 8.41. The molecule has 9 nitrogen and oxygen atoms in total. The average Bonchev–Trinajstić information content (AvgIpc) is 2.17. The van der Waals surface area contributed by atoms with Gasteiger partial charge in [0.15, 0.2) is 0 Å². The molecule has 0 bridgehead atoms. The summed E-state index contributed by atoms with van der Waals surface area (Å²) in [4.78, 5) is 51.3. The monoisotopic (exact) mass is 338 g/mol. The zero-order chi connectivity index (χ0) is 16.5. The fourth-order valence-corrected chi connectivity index (χ4v) is 0.677. The quantitative estimate of drug-likeness (QED) is 0.395. The van der Waals surface area contributed by atoms with Crippen LogP contribution in [0.4, 0.5) is 0 Å². The summed E-state index contributed by atoms with van der Waals surface area (Å²) < 4.78 is 17.1. The maximum Gasteiger partial charge on any atom is -0.0533 e. The Bertz CT molecular complexity index is 195. The highest BCUT2D eigenvalue weighted by molar-refractivity contribution is 7.40. The topological polar surface area (TPSA) is 204 Å². The molecule has 0 aromatic rings. The first kappa shape index (κ1) is 32.2. The van der Waals surface area contributed by atoms with Crippen molar-refractivity contribution in [3.05, 3.63) is 0 Å². The van der Waals surface area contributed by atoms with Crippen LogP contribution in [0.1, 0.15) is 59.8 Å². The minimum atomic E-state index is -5.39. The maximum absolute atomic E-state index is 8.55. The van der Waals surface area contributed by atoms with Crippen molar-refractivity contribution in [2.45, 2.75) is 59.8 Å². The van der Waals surface area contributed by atoms with Gasteiger partial charge in [-0.25, -0.2) is 0 Å². The maximum atomic E-state index is 8.55. The van der Waals surface area contributed by atoms with Crippen LogP contribution in [0.2, 0.25) is 0 Å². The van der Waals surface area contributed by atoms with Gasteiger partial charge >= 0.3 is 0 Å². The van der Waals surface area contributed by atoms with E-state index in [1.165, 1.54) is 32.1 Å². The van der Waals surface area contributed by atoms with E-state index in [-0.39, 0.29) is 5.48 Å². The fraction of sp³-hybridized carbons (Fsp3) is 1.00. The minimum Gasteiger partial charge on any atom is -0.822 e. The second kappa shape index (κ2) is 21.5. The van der Waals surface area contributed by atoms with Gasteiger partial charge in [-0.05, 0) is 0 Å². The van der Waals surface area contributed by atoms with E-state index in [9.17, 15) is 0 Å². The lowest BCUT2D eigenvalue weighted by atomic mass is 10.2. The summed E-state index contributed by atoms with van der Waals surface area (Å²) in [7, 11) is -10.8. The molecule has 0 atom stereocenters. The van der Waals surface area contributed by atoms with Crippen molar-refractivity contribution in [1.82, 2.24) is 0 Å². The van der Waals surface area contributed by atoms with Crippen LogP contribution in [0.3, 0.4) is 0 Å². The molecule has 0 heterocycles. The van der Waals surface area contributed by atoms with Gasteiger partial charge in [-0.2, -0.15) is 15.6 Å². The third-order valence-corrected chi connectivity index (χ3v) is 1.21. The fourth-order valence-electron chi connectivity index (χ4n) is 0.677. The van der Waals surface area contributed by atoms with Crippen molar-refractivity contribution in [3.8, 4) is 0 Å². The molecule has 0 unspecified atom stereocenters. The van der Waals surface area contributed by atoms with E-state index < -0.39 is 15.6 Å². The number of hydrogen-bond acceptors (Lipinski definition) is 8. The molecule has 2 N–H and O–H groups in total. The van der Waals surface area contributed by atoms with Crippen molar-refractivity contribution >= 4 is 15.6 Å². The number of rotatable bonds is 4. The predicted molar refractivity (Wildman–Crippen MR) is 64.6 cm³/mol. The van der Waals surface area contributed by atoms with Crippen LogP contribution in [-0.2, 0) is 9.13 Å². The minimum absolute atomic E-state index is 0. The number of hydrogen-bond donors (Lipinski definition) is 0. The molecular weight excluding hydrogens is 314 g/mol. The van der Waals surface area contributed by atoms with Crippen molar-refractivity contribution < 1.29 is 44.0 Å². The summed E-state index contributed by atoms with van der Waals surface area (Å²) in [5.41, 5.74) is 0. The lowest BCUT2D eigenvalue weighted by molar-refractivity contribution is -0.434. The van der Waals surface area contributed by atoms with Gasteiger partial charge < -0.3 is 44.0 Å². The van der Waals surface area contributed by atoms with Crippen molar-refractivity contribution in [3.63, 3.8) is 0 Å². The van der Waals surface area contributed by atoms with Crippen LogP contribution in [0.25, 0.3) is 0 Å². The van der Waals surface area contributed by atoms with E-state index in [4.69, 9.17) is 38.5 Å². The molecule has 0 fully saturated rings. The summed E-state index contributed by atoms with van der Waals surface area (Å²) >= 11 is 0. The Balaban J connectivity index is -0.0000000525. The molecule has 0 saturated carbocycles. The van der Waals surface area contributed by atoms with Gasteiger partial charge in [0.25, 0.3) is 0 Å². The van der Waals surface area contributed by atoms with Crippen LogP contribution in [0.15, 0.2) is 0 Å². The SMILES string of the molecule is CC.CCCCCCC.O.O=P([O-])([O-])[O-].O=P([O-])([O-])[O-]. The molecule has 11 heteroatoms. The lowest BCUT2D eigenvalue weighted by Gasteiger charge is -2.36. The van der Waals surface area contributed by atoms with Gasteiger partial charge in [0, 0.05) is 0 Å². The van der Waals surface area contributed by atoms with Crippen molar-refractivity contribution in [2.24, 2.45) is 0 Å². The normalized spacial score (nSPS) is 9.50. The van der Waals surface area contributed by atoms with Gasteiger partial charge in [-0.1, -0.05) is 59.8 Å². The van der Waals surface area contributed by atoms with Gasteiger partial charge in [0.2, 0.25) is 0 Å². The highest BCUT2D eigenvalue weighted by atomic mass is 31.2. The van der Waals surface area contributed by atoms with Gasteiger partial charge in [0.1, 0.15) is 0 Å². The summed E-state index contributed by atoms with van der Waals surface area (Å²) in [6, 6.07) is 0. The summed E-state index contributed by atoms with van der Waals surface area (Å²) in [5.74, 6) is 0. The van der Waals surface area contributed by atoms with Gasteiger partial charge in [0.05, 0.1) is 0 Å². The first-order valence-electron chi connectivity index (χ1n) is 5.87. The Morgan fingerprint density at radius 3 is 0.900 bits per heavy atom. The zero-order valence-electron chi connectivity index (χ0n) is 12.2. The Morgan fingerprint density at radius 1 is 0.650 bits per heavy atom. The molecule has 0 aliphatic carbocycles. The Labute approximate surface area is 120 Å². The molecule has 0 radical (unpaired) electrons. The summed E-state index contributed by atoms with van der Waals surface area (Å²) in [5, 5.41) is 0. The molecule has 0 aromatic heterocycles. The Morgan fingerprint density at radius 2 is 0.800 bits per heavy atom. The average molecular weight is 338 g/mol. The van der Waals surface area contributed by atoms with E-state index in [1.807, 2.05) is 13.8 Å². The summed E-state index contributed by atoms with van der Waals surface area (Å²) in [6.45, 7) is 8.49. The molecule has 130 valence electrons. The van der Waals surface area contributed by atoms with Crippen molar-refractivity contribution in [2.75, 3.05) is 0 Å². The highest BCUT2D eigenvalue weighted by Crippen LogP contribution is 2.03. The van der Waals surface area contributed by atoms with Crippen molar-refractivity contribution in [1.29, 1.82) is 0 Å². The largest absolute Gasteiger partial charge is 0.822 e. The van der Waals surface area contributed by atoms with Crippen LogP contribution in [0.5, 0.6) is 0 Å². The van der Waals surface area contributed by atoms with Crippen LogP contribution in [0, 0.1) is 0 Å². The molecule has 0 amide bonds. The molecule has 0 rings (SSSR count). The molecule has 0 spiro atoms. The Kier molecular flexibility index (Phi) is 34.6. The lowest BCUT2D eigenvalue weighted by Crippen LogP contribution is -2.24. The number of unbranched alkanes of at least 4 members (excludes halogenated alkanes) is 4. The third-order valence-electron chi connectivity index (χ3n) is 1.21. The molecule has 0 saturated heterocycles. The molecule has 0 aromatic carbocycles. The van der Waals surface area contributed by atoms with Gasteiger partial charge in [-0.15, -0.1) is 0 Å². The predicted octanol–water partition coefficient (Wildman–Crippen LogP) is -2.47. The van der Waals surface area contributed by atoms with E-state index in [0.29, 0.717) is 0 Å². The van der Waals surface area contributed by atoms with Crippen LogP contribution in [-0.4, -0.2) is 5.48 Å². The highest BCUT2D eigenvalue weighted by Gasteiger charge is 1.80.